The van der Waals surface area contributed by atoms with E-state index in [1.54, 1.807) is 36.4 Å². The van der Waals surface area contributed by atoms with Gasteiger partial charge in [-0.1, -0.05) is 90.5 Å². The monoisotopic (exact) mass is 497 g/mol. The summed E-state index contributed by atoms with van der Waals surface area (Å²) in [5.74, 6) is -1.60. The van der Waals surface area contributed by atoms with Crippen LogP contribution in [0.1, 0.15) is 28.2 Å². The van der Waals surface area contributed by atoms with Crippen molar-refractivity contribution in [1.29, 1.82) is 0 Å². The Morgan fingerprint density at radius 2 is 1.39 bits per heavy atom. The SMILES string of the molecule is Cc1ccc(S(=O)(=O)N2CC(c3cccc(F)c3)C(c3ccccc3)=C(c3ccccc3)C2=O)cc1. The van der Waals surface area contributed by atoms with Gasteiger partial charge >= 0.3 is 0 Å². The van der Waals surface area contributed by atoms with E-state index in [0.717, 1.165) is 15.4 Å². The maximum atomic E-state index is 14.4. The van der Waals surface area contributed by atoms with Gasteiger partial charge in [-0.25, -0.2) is 17.1 Å². The minimum atomic E-state index is -4.17. The largest absolute Gasteiger partial charge is 0.268 e. The van der Waals surface area contributed by atoms with Gasteiger partial charge in [-0.15, -0.1) is 0 Å². The normalized spacial score (nSPS) is 16.3. The molecule has 0 spiro atoms. The van der Waals surface area contributed by atoms with Gasteiger partial charge in [0, 0.05) is 12.5 Å². The zero-order chi connectivity index (χ0) is 25.3. The van der Waals surface area contributed by atoms with Crippen molar-refractivity contribution in [1.82, 2.24) is 4.31 Å². The van der Waals surface area contributed by atoms with Crippen molar-refractivity contribution in [2.24, 2.45) is 0 Å². The topological polar surface area (TPSA) is 54.5 Å². The summed E-state index contributed by atoms with van der Waals surface area (Å²) in [6.45, 7) is 1.73. The molecule has 4 aromatic rings. The highest BCUT2D eigenvalue weighted by atomic mass is 32.2. The fraction of sp³-hybridized carbons (Fsp3) is 0.100. The number of sulfonamides is 1. The molecule has 0 bridgehead atoms. The molecule has 0 radical (unpaired) electrons. The Hall–Kier alpha value is -4.03. The molecule has 1 aliphatic heterocycles. The highest BCUT2D eigenvalue weighted by Crippen LogP contribution is 2.44. The van der Waals surface area contributed by atoms with E-state index in [0.29, 0.717) is 16.7 Å². The van der Waals surface area contributed by atoms with Crippen molar-refractivity contribution in [3.05, 3.63) is 137 Å². The summed E-state index contributed by atoms with van der Waals surface area (Å²) in [5, 5.41) is 0. The molecular weight excluding hydrogens is 473 g/mol. The van der Waals surface area contributed by atoms with E-state index in [1.807, 2.05) is 55.5 Å². The van der Waals surface area contributed by atoms with Gasteiger partial charge in [0.25, 0.3) is 15.9 Å². The van der Waals surface area contributed by atoms with E-state index >= 15 is 0 Å². The van der Waals surface area contributed by atoms with Gasteiger partial charge in [0.2, 0.25) is 0 Å². The Morgan fingerprint density at radius 3 is 2.00 bits per heavy atom. The number of hydrogen-bond donors (Lipinski definition) is 0. The number of halogens is 1. The summed E-state index contributed by atoms with van der Waals surface area (Å²) < 4.78 is 42.9. The van der Waals surface area contributed by atoms with E-state index in [1.165, 1.54) is 24.3 Å². The minimum absolute atomic E-state index is 0.0371. The van der Waals surface area contributed by atoms with Gasteiger partial charge in [-0.05, 0) is 53.5 Å². The third-order valence-corrected chi connectivity index (χ3v) is 8.18. The summed E-state index contributed by atoms with van der Waals surface area (Å²) in [6, 6.07) is 31.0. The molecule has 4 aromatic carbocycles. The third-order valence-electron chi connectivity index (χ3n) is 6.41. The Bertz CT molecular complexity index is 1550. The molecular formula is C30H24FNO3S. The van der Waals surface area contributed by atoms with Gasteiger partial charge in [0.15, 0.2) is 0 Å². The van der Waals surface area contributed by atoms with Crippen molar-refractivity contribution in [2.45, 2.75) is 17.7 Å². The summed E-state index contributed by atoms with van der Waals surface area (Å²) in [7, 11) is -4.17. The maximum absolute atomic E-state index is 14.4. The quantitative estimate of drug-likeness (QED) is 0.337. The van der Waals surface area contributed by atoms with Crippen molar-refractivity contribution in [3.8, 4) is 0 Å². The highest BCUT2D eigenvalue weighted by Gasteiger charge is 2.41. The number of carbonyl (C=O) groups is 1. The van der Waals surface area contributed by atoms with E-state index in [-0.39, 0.29) is 17.0 Å². The summed E-state index contributed by atoms with van der Waals surface area (Å²) in [6.07, 6.45) is 0. The molecule has 1 amide bonds. The molecule has 36 heavy (non-hydrogen) atoms. The molecule has 0 N–H and O–H groups in total. The number of rotatable bonds is 5. The Kier molecular flexibility index (Phi) is 6.29. The zero-order valence-corrected chi connectivity index (χ0v) is 20.5. The molecule has 0 aromatic heterocycles. The predicted molar refractivity (Wildman–Crippen MR) is 139 cm³/mol. The van der Waals surface area contributed by atoms with Crippen molar-refractivity contribution < 1.29 is 17.6 Å². The molecule has 5 rings (SSSR count). The lowest BCUT2D eigenvalue weighted by Gasteiger charge is -2.36. The molecule has 180 valence electrons. The molecule has 1 aliphatic rings. The lowest BCUT2D eigenvalue weighted by atomic mass is 9.79. The molecule has 6 heteroatoms. The maximum Gasteiger partial charge on any atom is 0.268 e. The predicted octanol–water partition coefficient (Wildman–Crippen LogP) is 6.06. The second-order valence-electron chi connectivity index (χ2n) is 8.78. The first-order chi connectivity index (χ1) is 17.4. The van der Waals surface area contributed by atoms with E-state index in [9.17, 15) is 17.6 Å². The first kappa shape index (κ1) is 23.7. The van der Waals surface area contributed by atoms with Gasteiger partial charge in [0.1, 0.15) is 5.82 Å². The Labute approximate surface area is 210 Å². The first-order valence-electron chi connectivity index (χ1n) is 11.6. The summed E-state index contributed by atoms with van der Waals surface area (Å²) in [5.41, 5.74) is 3.86. The Morgan fingerprint density at radius 1 is 0.778 bits per heavy atom. The van der Waals surface area contributed by atoms with Crippen LogP contribution in [0.2, 0.25) is 0 Å². The van der Waals surface area contributed by atoms with Gasteiger partial charge in [-0.2, -0.15) is 0 Å². The lowest BCUT2D eigenvalue weighted by molar-refractivity contribution is -0.121. The fourth-order valence-corrected chi connectivity index (χ4v) is 6.03. The van der Waals surface area contributed by atoms with Gasteiger partial charge in [-0.3, -0.25) is 4.79 Å². The van der Waals surface area contributed by atoms with Crippen molar-refractivity contribution in [3.63, 3.8) is 0 Å². The molecule has 0 aliphatic carbocycles. The van der Waals surface area contributed by atoms with Crippen LogP contribution in [0.5, 0.6) is 0 Å². The number of hydrogen-bond acceptors (Lipinski definition) is 3. The highest BCUT2D eigenvalue weighted by molar-refractivity contribution is 7.89. The van der Waals surface area contributed by atoms with Crippen LogP contribution in [-0.2, 0) is 14.8 Å². The molecule has 1 atom stereocenters. The molecule has 0 fully saturated rings. The number of amides is 1. The second-order valence-corrected chi connectivity index (χ2v) is 10.6. The average Bonchev–Trinajstić information content (AvgIpc) is 2.89. The van der Waals surface area contributed by atoms with E-state index in [4.69, 9.17) is 0 Å². The molecule has 1 heterocycles. The lowest BCUT2D eigenvalue weighted by Crippen LogP contribution is -2.44. The smallest absolute Gasteiger partial charge is 0.268 e. The summed E-state index contributed by atoms with van der Waals surface area (Å²) >= 11 is 0. The molecule has 0 saturated carbocycles. The van der Waals surface area contributed by atoms with E-state index < -0.39 is 27.7 Å². The molecule has 4 nitrogen and oxygen atoms in total. The van der Waals surface area contributed by atoms with Crippen LogP contribution in [0.25, 0.3) is 11.1 Å². The Balaban J connectivity index is 1.79. The van der Waals surface area contributed by atoms with Gasteiger partial charge < -0.3 is 0 Å². The molecule has 1 unspecified atom stereocenters. The molecule has 0 saturated heterocycles. The summed E-state index contributed by atoms with van der Waals surface area (Å²) in [4.78, 5) is 14.1. The number of benzene rings is 4. The number of carbonyl (C=O) groups excluding carboxylic acids is 1. The van der Waals surface area contributed by atoms with Crippen LogP contribution in [0.4, 0.5) is 4.39 Å². The van der Waals surface area contributed by atoms with Crippen molar-refractivity contribution in [2.75, 3.05) is 6.54 Å². The standard InChI is InChI=1S/C30H24FNO3S/c1-21-15-17-26(18-16-21)36(34,35)32-20-27(24-13-8-14-25(31)19-24)28(22-9-4-2-5-10-22)29(30(32)33)23-11-6-3-7-12-23/h2-19,27H,20H2,1H3. The average molecular weight is 498 g/mol. The van der Waals surface area contributed by atoms with Gasteiger partial charge in [0.05, 0.1) is 10.5 Å². The van der Waals surface area contributed by atoms with E-state index in [2.05, 4.69) is 0 Å². The van der Waals surface area contributed by atoms with Crippen LogP contribution in [-0.4, -0.2) is 25.2 Å². The van der Waals surface area contributed by atoms with Crippen molar-refractivity contribution >= 4 is 27.1 Å². The van der Waals surface area contributed by atoms with Crippen LogP contribution in [0.15, 0.2) is 114 Å². The number of nitrogens with zero attached hydrogens (tertiary/aromatic N) is 1. The zero-order valence-electron chi connectivity index (χ0n) is 19.6. The second kappa shape index (κ2) is 9.55. The number of aryl methyl sites for hydroxylation is 1. The third kappa shape index (κ3) is 4.36. The van der Waals surface area contributed by atoms with Crippen LogP contribution in [0, 0.1) is 12.7 Å². The van der Waals surface area contributed by atoms with Crippen LogP contribution >= 0.6 is 0 Å². The first-order valence-corrected chi connectivity index (χ1v) is 13.0. The minimum Gasteiger partial charge on any atom is -0.268 e. The van der Waals surface area contributed by atoms with Crippen LogP contribution < -0.4 is 0 Å². The fourth-order valence-electron chi connectivity index (χ4n) is 4.64. The van der Waals surface area contributed by atoms with Crippen LogP contribution in [0.3, 0.4) is 0 Å².